The van der Waals surface area contributed by atoms with Crippen LogP contribution in [0.2, 0.25) is 0 Å². The molecule has 20 heavy (non-hydrogen) atoms. The molecule has 0 saturated carbocycles. The molecule has 0 heterocycles. The van der Waals surface area contributed by atoms with Gasteiger partial charge in [-0.15, -0.1) is 0 Å². The van der Waals surface area contributed by atoms with Gasteiger partial charge in [-0.2, -0.15) is 0 Å². The highest BCUT2D eigenvalue weighted by Crippen LogP contribution is 2.22. The summed E-state index contributed by atoms with van der Waals surface area (Å²) in [6, 6.07) is 11.5. The van der Waals surface area contributed by atoms with E-state index in [2.05, 4.69) is 0 Å². The van der Waals surface area contributed by atoms with Crippen molar-refractivity contribution < 1.29 is 14.3 Å². The fourth-order valence-corrected chi connectivity index (χ4v) is 2.00. The van der Waals surface area contributed by atoms with Crippen LogP contribution in [0.15, 0.2) is 42.5 Å². The van der Waals surface area contributed by atoms with Crippen molar-refractivity contribution in [2.45, 2.75) is 19.4 Å². The highest BCUT2D eigenvalue weighted by molar-refractivity contribution is 5.73. The van der Waals surface area contributed by atoms with E-state index in [0.717, 1.165) is 16.7 Å². The molecule has 4 heteroatoms. The molecule has 0 radical (unpaired) electrons. The van der Waals surface area contributed by atoms with Crippen LogP contribution in [-0.4, -0.2) is 17.1 Å². The highest BCUT2D eigenvalue weighted by atomic mass is 19.1. The number of nitrogens with two attached hydrogens (primary N) is 1. The molecule has 1 atom stereocenters. The standard InChI is InChI=1S/C16H16FNO2/c1-10-8-13(6-7-14(10)17)12-4-2-11(3-5-12)9-15(18)16(19)20/h2-8,15H,9,18H2,1H3,(H,19,20)/t15-/m1/s1. The summed E-state index contributed by atoms with van der Waals surface area (Å²) >= 11 is 0. The van der Waals surface area contributed by atoms with Crippen molar-refractivity contribution in [3.8, 4) is 11.1 Å². The van der Waals surface area contributed by atoms with Gasteiger partial charge in [0, 0.05) is 0 Å². The van der Waals surface area contributed by atoms with Crippen molar-refractivity contribution in [1.82, 2.24) is 0 Å². The first-order chi connectivity index (χ1) is 9.47. The summed E-state index contributed by atoms with van der Waals surface area (Å²) in [6.45, 7) is 1.72. The number of benzene rings is 2. The van der Waals surface area contributed by atoms with Gasteiger partial charge < -0.3 is 10.8 Å². The summed E-state index contributed by atoms with van der Waals surface area (Å²) in [5.41, 5.74) is 8.84. The molecule has 0 aliphatic heterocycles. The molecule has 0 aliphatic rings. The molecule has 2 aromatic rings. The Morgan fingerprint density at radius 3 is 2.35 bits per heavy atom. The molecule has 2 rings (SSSR count). The van der Waals surface area contributed by atoms with Crippen LogP contribution >= 0.6 is 0 Å². The number of aliphatic carboxylic acids is 1. The fourth-order valence-electron chi connectivity index (χ4n) is 2.00. The van der Waals surface area contributed by atoms with Crippen molar-refractivity contribution in [3.05, 3.63) is 59.4 Å². The summed E-state index contributed by atoms with van der Waals surface area (Å²) in [4.78, 5) is 10.7. The fraction of sp³-hybridized carbons (Fsp3) is 0.188. The maximum absolute atomic E-state index is 13.2. The lowest BCUT2D eigenvalue weighted by Crippen LogP contribution is -2.32. The van der Waals surface area contributed by atoms with Crippen molar-refractivity contribution in [2.75, 3.05) is 0 Å². The van der Waals surface area contributed by atoms with E-state index in [0.29, 0.717) is 5.56 Å². The lowest BCUT2D eigenvalue weighted by molar-refractivity contribution is -0.138. The molecule has 104 valence electrons. The zero-order valence-electron chi connectivity index (χ0n) is 11.1. The largest absolute Gasteiger partial charge is 0.480 e. The number of aryl methyl sites for hydroxylation is 1. The molecule has 0 amide bonds. The molecule has 0 spiro atoms. The van der Waals surface area contributed by atoms with Gasteiger partial charge in [0.25, 0.3) is 0 Å². The number of halogens is 1. The van der Waals surface area contributed by atoms with E-state index in [9.17, 15) is 9.18 Å². The predicted octanol–water partition coefficient (Wildman–Crippen LogP) is 2.76. The van der Waals surface area contributed by atoms with E-state index >= 15 is 0 Å². The van der Waals surface area contributed by atoms with Crippen LogP contribution in [0.1, 0.15) is 11.1 Å². The molecule has 0 unspecified atom stereocenters. The van der Waals surface area contributed by atoms with Gasteiger partial charge in [0.05, 0.1) is 0 Å². The van der Waals surface area contributed by atoms with Crippen molar-refractivity contribution in [1.29, 1.82) is 0 Å². The Morgan fingerprint density at radius 1 is 1.20 bits per heavy atom. The van der Waals surface area contributed by atoms with Crippen molar-refractivity contribution in [3.63, 3.8) is 0 Å². The van der Waals surface area contributed by atoms with Crippen LogP contribution in [0.3, 0.4) is 0 Å². The summed E-state index contributed by atoms with van der Waals surface area (Å²) in [6.07, 6.45) is 0.290. The minimum Gasteiger partial charge on any atom is -0.480 e. The molecule has 0 bridgehead atoms. The van der Waals surface area contributed by atoms with Gasteiger partial charge >= 0.3 is 5.97 Å². The van der Waals surface area contributed by atoms with Crippen molar-refractivity contribution in [2.24, 2.45) is 5.73 Å². The number of carbonyl (C=O) groups is 1. The van der Waals surface area contributed by atoms with Crippen molar-refractivity contribution >= 4 is 5.97 Å². The van der Waals surface area contributed by atoms with Crippen LogP contribution in [0, 0.1) is 12.7 Å². The second-order valence-electron chi connectivity index (χ2n) is 4.81. The molecule has 0 aromatic heterocycles. The zero-order valence-corrected chi connectivity index (χ0v) is 11.1. The number of hydrogen-bond acceptors (Lipinski definition) is 2. The monoisotopic (exact) mass is 273 g/mol. The lowest BCUT2D eigenvalue weighted by atomic mass is 10.00. The predicted molar refractivity (Wildman–Crippen MR) is 75.9 cm³/mol. The Hall–Kier alpha value is -2.20. The maximum atomic E-state index is 13.2. The van der Waals surface area contributed by atoms with Gasteiger partial charge in [0.2, 0.25) is 0 Å². The second-order valence-corrected chi connectivity index (χ2v) is 4.81. The third-order valence-electron chi connectivity index (χ3n) is 3.22. The Balaban J connectivity index is 2.19. The SMILES string of the molecule is Cc1cc(-c2ccc(C[C@@H](N)C(=O)O)cc2)ccc1F. The van der Waals surface area contributed by atoms with Crippen LogP contribution in [0.4, 0.5) is 4.39 Å². The summed E-state index contributed by atoms with van der Waals surface area (Å²) in [5, 5.41) is 8.77. The van der Waals surface area contributed by atoms with Gasteiger partial charge in [-0.25, -0.2) is 4.39 Å². The summed E-state index contributed by atoms with van der Waals surface area (Å²) in [5.74, 6) is -1.24. The molecule has 0 fully saturated rings. The average Bonchev–Trinajstić information content (AvgIpc) is 2.42. The quantitative estimate of drug-likeness (QED) is 0.900. The minimum absolute atomic E-state index is 0.224. The molecule has 3 nitrogen and oxygen atoms in total. The Labute approximate surface area is 116 Å². The van der Waals surface area contributed by atoms with Crippen LogP contribution in [0.5, 0.6) is 0 Å². The second kappa shape index (κ2) is 5.84. The van der Waals surface area contributed by atoms with Gasteiger partial charge in [0.1, 0.15) is 11.9 Å². The number of carboxylic acids is 1. The van der Waals surface area contributed by atoms with E-state index < -0.39 is 12.0 Å². The van der Waals surface area contributed by atoms with E-state index in [1.807, 2.05) is 24.3 Å². The first-order valence-corrected chi connectivity index (χ1v) is 6.31. The van der Waals surface area contributed by atoms with Crippen LogP contribution in [0.25, 0.3) is 11.1 Å². The first kappa shape index (κ1) is 14.2. The molecular formula is C16H16FNO2. The van der Waals surface area contributed by atoms with E-state index in [1.54, 1.807) is 19.1 Å². The number of hydrogen-bond donors (Lipinski definition) is 2. The van der Waals surface area contributed by atoms with Crippen LogP contribution in [-0.2, 0) is 11.2 Å². The van der Waals surface area contributed by atoms with E-state index in [1.165, 1.54) is 6.07 Å². The Morgan fingerprint density at radius 2 is 1.80 bits per heavy atom. The van der Waals surface area contributed by atoms with Gasteiger partial charge in [-0.3, -0.25) is 4.79 Å². The zero-order chi connectivity index (χ0) is 14.7. The Bertz CT molecular complexity index is 623. The smallest absolute Gasteiger partial charge is 0.320 e. The average molecular weight is 273 g/mol. The molecule has 0 aliphatic carbocycles. The van der Waals surface area contributed by atoms with Crippen LogP contribution < -0.4 is 5.73 Å². The number of rotatable bonds is 4. The Kier molecular flexibility index (Phi) is 4.15. The topological polar surface area (TPSA) is 63.3 Å². The maximum Gasteiger partial charge on any atom is 0.320 e. The summed E-state index contributed by atoms with van der Waals surface area (Å²) < 4.78 is 13.2. The molecule has 2 aromatic carbocycles. The first-order valence-electron chi connectivity index (χ1n) is 6.31. The third kappa shape index (κ3) is 3.22. The highest BCUT2D eigenvalue weighted by Gasteiger charge is 2.12. The molecule has 3 N–H and O–H groups in total. The lowest BCUT2D eigenvalue weighted by Gasteiger charge is -2.08. The summed E-state index contributed by atoms with van der Waals surface area (Å²) in [7, 11) is 0. The number of carboxylic acid groups (broad SMARTS) is 1. The normalized spacial score (nSPS) is 12.2. The molecule has 0 saturated heterocycles. The van der Waals surface area contributed by atoms with Gasteiger partial charge in [0.15, 0.2) is 0 Å². The van der Waals surface area contributed by atoms with Gasteiger partial charge in [-0.05, 0) is 47.7 Å². The van der Waals surface area contributed by atoms with E-state index in [-0.39, 0.29) is 12.2 Å². The van der Waals surface area contributed by atoms with Gasteiger partial charge in [-0.1, -0.05) is 30.3 Å². The van der Waals surface area contributed by atoms with E-state index in [4.69, 9.17) is 10.8 Å². The third-order valence-corrected chi connectivity index (χ3v) is 3.22. The molecular weight excluding hydrogens is 257 g/mol. The minimum atomic E-state index is -1.01.